The number of pyridine rings is 1. The highest BCUT2D eigenvalue weighted by molar-refractivity contribution is 7.16. The number of halogens is 5. The number of fused-ring (bicyclic) bond motifs is 1. The minimum atomic E-state index is -0.471. The van der Waals surface area contributed by atoms with Crippen molar-refractivity contribution in [3.63, 3.8) is 0 Å². The van der Waals surface area contributed by atoms with Gasteiger partial charge in [-0.25, -0.2) is 14.4 Å². The van der Waals surface area contributed by atoms with Crippen LogP contribution in [0.1, 0.15) is 27.0 Å². The minimum Gasteiger partial charge on any atom is -0.345 e. The highest BCUT2D eigenvalue weighted by Gasteiger charge is 2.17. The van der Waals surface area contributed by atoms with Crippen molar-refractivity contribution in [3.8, 4) is 0 Å². The summed E-state index contributed by atoms with van der Waals surface area (Å²) in [5, 5.41) is 6.72. The third-order valence-corrected chi connectivity index (χ3v) is 5.90. The molecule has 0 aliphatic rings. The number of rotatable bonds is 9. The van der Waals surface area contributed by atoms with Crippen LogP contribution in [0.3, 0.4) is 0 Å². The van der Waals surface area contributed by atoms with Crippen LogP contribution in [-0.4, -0.2) is 38.9 Å². The Balaban J connectivity index is 0.00000193. The molecule has 7 nitrogen and oxygen atoms in total. The molecule has 0 spiro atoms. The van der Waals surface area contributed by atoms with Crippen LogP contribution in [0.15, 0.2) is 42.6 Å². The summed E-state index contributed by atoms with van der Waals surface area (Å²) in [4.78, 5) is 28.4. The zero-order valence-electron chi connectivity index (χ0n) is 17.7. The van der Waals surface area contributed by atoms with Gasteiger partial charge in [-0.15, -0.1) is 48.6 Å². The first kappa shape index (κ1) is 30.0. The lowest BCUT2D eigenvalue weighted by molar-refractivity contribution is 0.0945. The van der Waals surface area contributed by atoms with Gasteiger partial charge in [-0.3, -0.25) is 9.78 Å². The number of H-pyrrole nitrogens is 1. The number of imidazole rings is 1. The number of carbonyl (C=O) groups excluding carboxylic acids is 1. The van der Waals surface area contributed by atoms with E-state index in [1.54, 1.807) is 0 Å². The first-order chi connectivity index (χ1) is 15.1. The molecule has 0 bridgehead atoms. The molecule has 4 rings (SSSR count). The summed E-state index contributed by atoms with van der Waals surface area (Å²) in [7, 11) is 0. The molecule has 0 saturated carbocycles. The predicted molar refractivity (Wildman–Crippen MR) is 141 cm³/mol. The fraction of sp³-hybridized carbons (Fsp3) is 0.238. The Hall–Kier alpha value is -2.01. The van der Waals surface area contributed by atoms with Gasteiger partial charge in [0.05, 0.1) is 28.3 Å². The number of hydrogen-bond acceptors (Lipinski definition) is 6. The Kier molecular flexibility index (Phi) is 12.7. The van der Waals surface area contributed by atoms with E-state index in [2.05, 4.69) is 30.6 Å². The molecule has 184 valence electrons. The molecule has 0 atom stereocenters. The van der Waals surface area contributed by atoms with Crippen molar-refractivity contribution < 1.29 is 9.18 Å². The van der Waals surface area contributed by atoms with Crippen LogP contribution in [0, 0.1) is 5.82 Å². The van der Waals surface area contributed by atoms with Crippen LogP contribution in [0.4, 0.5) is 4.39 Å². The second kappa shape index (κ2) is 14.4. The van der Waals surface area contributed by atoms with Crippen molar-refractivity contribution in [1.29, 1.82) is 0 Å². The van der Waals surface area contributed by atoms with E-state index < -0.39 is 11.7 Å². The number of thiazole rings is 1. The van der Waals surface area contributed by atoms with E-state index in [0.717, 1.165) is 34.8 Å². The maximum absolute atomic E-state index is 13.6. The van der Waals surface area contributed by atoms with Crippen molar-refractivity contribution in [2.75, 3.05) is 13.1 Å². The quantitative estimate of drug-likeness (QED) is 0.253. The van der Waals surface area contributed by atoms with Crippen molar-refractivity contribution in [2.45, 2.75) is 19.4 Å². The molecule has 3 heterocycles. The summed E-state index contributed by atoms with van der Waals surface area (Å²) in [5.41, 5.74) is 2.31. The number of aromatic nitrogens is 4. The van der Waals surface area contributed by atoms with Gasteiger partial charge in [-0.1, -0.05) is 23.7 Å². The normalized spacial score (nSPS) is 10.2. The maximum atomic E-state index is 13.6. The smallest absolute Gasteiger partial charge is 0.272 e. The van der Waals surface area contributed by atoms with E-state index in [1.165, 1.54) is 29.7 Å². The predicted octanol–water partition coefficient (Wildman–Crippen LogP) is 4.78. The molecule has 0 saturated heterocycles. The molecular formula is C21H23Cl4FN6OS. The lowest BCUT2D eigenvalue weighted by Gasteiger charge is -2.04. The first-order valence-corrected chi connectivity index (χ1v) is 11.0. The van der Waals surface area contributed by atoms with Gasteiger partial charge < -0.3 is 15.6 Å². The Morgan fingerprint density at radius 3 is 2.59 bits per heavy atom. The number of hydrogen-bond donors (Lipinski definition) is 3. The number of carbonyl (C=O) groups is 1. The number of benzene rings is 1. The fourth-order valence-corrected chi connectivity index (χ4v) is 4.22. The number of nitrogens with one attached hydrogen (secondary N) is 3. The molecule has 13 heteroatoms. The zero-order chi connectivity index (χ0) is 21.6. The number of para-hydroxylation sites is 2. The summed E-state index contributed by atoms with van der Waals surface area (Å²) >= 11 is 7.45. The van der Waals surface area contributed by atoms with Crippen molar-refractivity contribution in [1.82, 2.24) is 30.6 Å². The summed E-state index contributed by atoms with van der Waals surface area (Å²) < 4.78 is 13.9. The topological polar surface area (TPSA) is 95.6 Å². The largest absolute Gasteiger partial charge is 0.345 e. The number of amides is 1. The average molecular weight is 568 g/mol. The Morgan fingerprint density at radius 2 is 1.82 bits per heavy atom. The Bertz CT molecular complexity index is 1170. The summed E-state index contributed by atoms with van der Waals surface area (Å²) in [6.07, 6.45) is 2.90. The molecular weight excluding hydrogens is 545 g/mol. The molecule has 34 heavy (non-hydrogen) atoms. The summed E-state index contributed by atoms with van der Waals surface area (Å²) in [6.45, 7) is 1.43. The minimum absolute atomic E-state index is 0. The molecule has 0 aliphatic carbocycles. The zero-order valence-corrected chi connectivity index (χ0v) is 21.7. The van der Waals surface area contributed by atoms with Crippen molar-refractivity contribution >= 4 is 77.1 Å². The van der Waals surface area contributed by atoms with E-state index in [1.807, 2.05) is 24.3 Å². The van der Waals surface area contributed by atoms with Gasteiger partial charge in [0.2, 0.25) is 0 Å². The molecule has 0 radical (unpaired) electrons. The van der Waals surface area contributed by atoms with Gasteiger partial charge in [0, 0.05) is 32.1 Å². The lowest BCUT2D eigenvalue weighted by Crippen LogP contribution is -2.24. The van der Waals surface area contributed by atoms with Gasteiger partial charge in [0.15, 0.2) is 5.69 Å². The number of nitrogens with zero attached hydrogens (tertiary/aromatic N) is 3. The van der Waals surface area contributed by atoms with Crippen LogP contribution in [-0.2, 0) is 19.4 Å². The Labute approximate surface area is 223 Å². The van der Waals surface area contributed by atoms with E-state index in [-0.39, 0.29) is 55.2 Å². The molecule has 0 aliphatic heterocycles. The van der Waals surface area contributed by atoms with Gasteiger partial charge in [0.25, 0.3) is 5.91 Å². The van der Waals surface area contributed by atoms with Crippen LogP contribution in [0.25, 0.3) is 11.0 Å². The van der Waals surface area contributed by atoms with Gasteiger partial charge in [0.1, 0.15) is 16.0 Å². The van der Waals surface area contributed by atoms with Gasteiger partial charge in [-0.2, -0.15) is 0 Å². The van der Waals surface area contributed by atoms with Gasteiger partial charge >= 0.3 is 0 Å². The van der Waals surface area contributed by atoms with Crippen molar-refractivity contribution in [2.24, 2.45) is 0 Å². The van der Waals surface area contributed by atoms with Crippen LogP contribution in [0.2, 0.25) is 4.34 Å². The molecule has 0 fully saturated rings. The van der Waals surface area contributed by atoms with Crippen molar-refractivity contribution in [3.05, 3.63) is 75.0 Å². The molecule has 0 unspecified atom stereocenters. The second-order valence-electron chi connectivity index (χ2n) is 6.80. The van der Waals surface area contributed by atoms with Crippen LogP contribution < -0.4 is 10.6 Å². The SMILES string of the molecule is Cl.Cl.Cl.O=C(NCc1ncccc1F)c1nc(CCNCCc2nc3ccccc3[nH]2)sc1Cl. The molecule has 3 aromatic heterocycles. The first-order valence-electron chi connectivity index (χ1n) is 9.77. The summed E-state index contributed by atoms with van der Waals surface area (Å²) in [6, 6.07) is 10.7. The maximum Gasteiger partial charge on any atom is 0.272 e. The van der Waals surface area contributed by atoms with E-state index >= 15 is 0 Å². The molecule has 4 aromatic rings. The third kappa shape index (κ3) is 7.76. The molecule has 3 N–H and O–H groups in total. The molecule has 1 aromatic carbocycles. The standard InChI is InChI=1S/C21H20ClFN6OS.3ClH/c22-20-19(21(30)26-12-16-13(23)4-3-9-25-16)29-18(31-20)8-11-24-10-7-17-27-14-5-1-2-6-15(14)28-17;;;/h1-6,9,24H,7-8,10-12H2,(H,26,30)(H,27,28);3*1H. The number of aromatic amines is 1. The lowest BCUT2D eigenvalue weighted by atomic mass is 10.3. The highest BCUT2D eigenvalue weighted by Crippen LogP contribution is 2.24. The van der Waals surface area contributed by atoms with E-state index in [0.29, 0.717) is 17.3 Å². The second-order valence-corrected chi connectivity index (χ2v) is 8.48. The summed E-state index contributed by atoms with van der Waals surface area (Å²) in [5.74, 6) is 0.0197. The van der Waals surface area contributed by atoms with E-state index in [4.69, 9.17) is 11.6 Å². The third-order valence-electron chi connectivity index (χ3n) is 4.59. The van der Waals surface area contributed by atoms with Gasteiger partial charge in [-0.05, 0) is 24.3 Å². The van der Waals surface area contributed by atoms with Crippen LogP contribution >= 0.6 is 60.2 Å². The highest BCUT2D eigenvalue weighted by atomic mass is 35.5. The average Bonchev–Trinajstić information content (AvgIpc) is 3.35. The Morgan fingerprint density at radius 1 is 1.06 bits per heavy atom. The molecule has 1 amide bonds. The van der Waals surface area contributed by atoms with E-state index in [9.17, 15) is 9.18 Å². The monoisotopic (exact) mass is 566 g/mol. The fourth-order valence-electron chi connectivity index (χ4n) is 3.04. The van der Waals surface area contributed by atoms with Crippen LogP contribution in [0.5, 0.6) is 0 Å².